The van der Waals surface area contributed by atoms with Crippen molar-refractivity contribution in [2.45, 2.75) is 41.7 Å². The van der Waals surface area contributed by atoms with Gasteiger partial charge in [-0.15, -0.1) is 11.8 Å². The molecule has 4 rings (SSSR count). The number of rotatable bonds is 6. The lowest BCUT2D eigenvalue weighted by Gasteiger charge is -2.35. The highest BCUT2D eigenvalue weighted by Crippen LogP contribution is 2.56. The number of nitrogens with two attached hydrogens (primary N) is 1. The lowest BCUT2D eigenvalue weighted by atomic mass is 9.77. The Balaban J connectivity index is 0.000000225. The maximum absolute atomic E-state index is 13.1. The molecule has 2 fully saturated rings. The van der Waals surface area contributed by atoms with Gasteiger partial charge in [0.05, 0.1) is 17.4 Å². The summed E-state index contributed by atoms with van der Waals surface area (Å²) in [5, 5.41) is 5.71. The van der Waals surface area contributed by atoms with Gasteiger partial charge in [0.1, 0.15) is 17.9 Å². The number of nitrogens with one attached hydrogen (secondary N) is 2. The quantitative estimate of drug-likeness (QED) is 0.522. The maximum Gasteiger partial charge on any atom is 0.253 e. The second-order valence-electron chi connectivity index (χ2n) is 9.00. The van der Waals surface area contributed by atoms with Crippen molar-refractivity contribution in [3.05, 3.63) is 59.4 Å². The minimum absolute atomic E-state index is 0.0619. The number of carbonyl (C=O) groups is 3. The molecule has 0 bridgehead atoms. The molecule has 0 aromatic heterocycles. The van der Waals surface area contributed by atoms with Crippen LogP contribution in [0.4, 0.5) is 4.39 Å². The molecule has 1 saturated carbocycles. The van der Waals surface area contributed by atoms with E-state index < -0.39 is 16.5 Å². The molecular formula is C26H32FN3O4S. The third-order valence-corrected chi connectivity index (χ3v) is 8.25. The van der Waals surface area contributed by atoms with E-state index in [-0.39, 0.29) is 17.0 Å². The van der Waals surface area contributed by atoms with E-state index >= 15 is 0 Å². The average molecular weight is 502 g/mol. The van der Waals surface area contributed by atoms with Crippen molar-refractivity contribution >= 4 is 29.9 Å². The molecule has 1 unspecified atom stereocenters. The fourth-order valence-electron chi connectivity index (χ4n) is 4.77. The summed E-state index contributed by atoms with van der Waals surface area (Å²) in [4.78, 5) is 34.6. The Kier molecular flexibility index (Phi) is 8.91. The Bertz CT molecular complexity index is 1060. The molecule has 1 heterocycles. The zero-order chi connectivity index (χ0) is 25.5. The van der Waals surface area contributed by atoms with E-state index in [4.69, 9.17) is 10.5 Å². The van der Waals surface area contributed by atoms with Gasteiger partial charge in [-0.25, -0.2) is 4.39 Å². The lowest BCUT2D eigenvalue weighted by Crippen LogP contribution is -2.42. The number of hydrogen-bond acceptors (Lipinski definition) is 6. The molecule has 188 valence electrons. The molecule has 9 heteroatoms. The van der Waals surface area contributed by atoms with Gasteiger partial charge in [-0.2, -0.15) is 0 Å². The summed E-state index contributed by atoms with van der Waals surface area (Å²) in [5.41, 5.74) is 6.28. The molecule has 0 radical (unpaired) electrons. The van der Waals surface area contributed by atoms with Gasteiger partial charge >= 0.3 is 0 Å². The van der Waals surface area contributed by atoms with Crippen molar-refractivity contribution in [1.82, 2.24) is 10.6 Å². The number of aldehydes is 1. The Morgan fingerprint density at radius 1 is 1.11 bits per heavy atom. The molecule has 1 aliphatic heterocycles. The maximum atomic E-state index is 13.1. The van der Waals surface area contributed by atoms with Crippen LogP contribution in [0.1, 0.15) is 52.8 Å². The molecule has 2 aromatic rings. The highest BCUT2D eigenvalue weighted by molar-refractivity contribution is 8.01. The van der Waals surface area contributed by atoms with Gasteiger partial charge in [0.25, 0.3) is 5.91 Å². The summed E-state index contributed by atoms with van der Waals surface area (Å²) in [6.45, 7) is 2.12. The molecule has 2 amide bonds. The summed E-state index contributed by atoms with van der Waals surface area (Å²) < 4.78 is 17.8. The second-order valence-corrected chi connectivity index (χ2v) is 10.5. The average Bonchev–Trinajstić information content (AvgIpc) is 3.23. The first-order valence-electron chi connectivity index (χ1n) is 11.6. The van der Waals surface area contributed by atoms with Crippen LogP contribution in [-0.4, -0.2) is 50.1 Å². The van der Waals surface area contributed by atoms with E-state index in [1.54, 1.807) is 18.9 Å². The van der Waals surface area contributed by atoms with E-state index in [1.165, 1.54) is 19.2 Å². The van der Waals surface area contributed by atoms with Gasteiger partial charge in [-0.05, 0) is 87.0 Å². The van der Waals surface area contributed by atoms with Crippen LogP contribution in [0.15, 0.2) is 47.4 Å². The molecule has 2 aromatic carbocycles. The van der Waals surface area contributed by atoms with Crippen LogP contribution in [0, 0.1) is 11.2 Å². The molecule has 7 nitrogen and oxygen atoms in total. The summed E-state index contributed by atoms with van der Waals surface area (Å²) in [7, 11) is 3.07. The zero-order valence-corrected chi connectivity index (χ0v) is 20.9. The van der Waals surface area contributed by atoms with Crippen LogP contribution in [-0.2, 0) is 4.79 Å². The van der Waals surface area contributed by atoms with Crippen LogP contribution in [0.3, 0.4) is 0 Å². The topological polar surface area (TPSA) is 111 Å². The van der Waals surface area contributed by atoms with E-state index in [9.17, 15) is 18.8 Å². The van der Waals surface area contributed by atoms with Crippen LogP contribution < -0.4 is 21.1 Å². The number of ether oxygens (including phenoxy) is 1. The van der Waals surface area contributed by atoms with Gasteiger partial charge in [-0.1, -0.05) is 6.07 Å². The molecular weight excluding hydrogens is 469 g/mol. The van der Waals surface area contributed by atoms with E-state index in [2.05, 4.69) is 10.6 Å². The van der Waals surface area contributed by atoms with Crippen molar-refractivity contribution < 1.29 is 23.5 Å². The molecule has 1 atom stereocenters. The number of halogens is 1. The first kappa shape index (κ1) is 26.7. The van der Waals surface area contributed by atoms with E-state index in [1.807, 2.05) is 24.3 Å². The molecule has 1 spiro atoms. The highest BCUT2D eigenvalue weighted by atomic mass is 32.2. The van der Waals surface area contributed by atoms with Gasteiger partial charge in [0.2, 0.25) is 5.91 Å². The van der Waals surface area contributed by atoms with Crippen molar-refractivity contribution in [2.75, 3.05) is 27.2 Å². The normalized spacial score (nSPS) is 20.4. The monoisotopic (exact) mass is 501 g/mol. The molecule has 2 aliphatic rings. The number of benzene rings is 2. The van der Waals surface area contributed by atoms with Crippen molar-refractivity contribution in [1.29, 1.82) is 0 Å². The first-order valence-corrected chi connectivity index (χ1v) is 12.4. The standard InChI is InChI=1S/C17H24N2O2S.C9H8FNO2/c1-21-13-2-4-14(5-3-13)22-17(15(18)20)7-6-16(12-17)8-10-19-11-9-16;1-11-9(13)7-3-2-6(5-12)4-8(7)10/h2-5,19H,6-12H2,1H3,(H2,18,20);2-5H,1H3,(H,11,13). The summed E-state index contributed by atoms with van der Waals surface area (Å²) in [6.07, 6.45) is 5.75. The van der Waals surface area contributed by atoms with E-state index in [0.29, 0.717) is 11.7 Å². The number of hydrogen-bond donors (Lipinski definition) is 3. The number of methoxy groups -OCH3 is 1. The fraction of sp³-hybridized carbons (Fsp3) is 0.423. The number of carbonyl (C=O) groups excluding carboxylic acids is 3. The Hall–Kier alpha value is -2.91. The third kappa shape index (κ3) is 6.41. The molecule has 1 saturated heterocycles. The number of amides is 2. The number of piperidine rings is 1. The Labute approximate surface area is 209 Å². The fourth-order valence-corrected chi connectivity index (χ4v) is 6.18. The SMILES string of the molecule is CNC(=O)c1ccc(C=O)cc1F.COc1ccc(SC2(C(N)=O)CCC3(CCNCC3)C2)cc1. The second kappa shape index (κ2) is 11.7. The number of primary amides is 1. The first-order chi connectivity index (χ1) is 16.8. The van der Waals surface area contributed by atoms with Crippen LogP contribution in [0.5, 0.6) is 5.75 Å². The van der Waals surface area contributed by atoms with Crippen LogP contribution in [0.25, 0.3) is 0 Å². The minimum atomic E-state index is -0.691. The third-order valence-electron chi connectivity index (χ3n) is 6.81. The van der Waals surface area contributed by atoms with Gasteiger partial charge < -0.3 is 21.1 Å². The van der Waals surface area contributed by atoms with Gasteiger partial charge in [0.15, 0.2) is 0 Å². The highest BCUT2D eigenvalue weighted by Gasteiger charge is 2.52. The molecule has 35 heavy (non-hydrogen) atoms. The van der Waals surface area contributed by atoms with E-state index in [0.717, 1.165) is 61.9 Å². The Morgan fingerprint density at radius 2 is 1.80 bits per heavy atom. The predicted molar refractivity (Wildman–Crippen MR) is 134 cm³/mol. The van der Waals surface area contributed by atoms with Crippen molar-refractivity contribution in [2.24, 2.45) is 11.1 Å². The molecule has 4 N–H and O–H groups in total. The zero-order valence-electron chi connectivity index (χ0n) is 20.1. The molecule has 1 aliphatic carbocycles. The summed E-state index contributed by atoms with van der Waals surface area (Å²) in [5.74, 6) is -0.527. The smallest absolute Gasteiger partial charge is 0.253 e. The van der Waals surface area contributed by atoms with Crippen LogP contribution >= 0.6 is 11.8 Å². The van der Waals surface area contributed by atoms with Crippen LogP contribution in [0.2, 0.25) is 0 Å². The number of thioether (sulfide) groups is 1. The largest absolute Gasteiger partial charge is 0.497 e. The van der Waals surface area contributed by atoms with Gasteiger partial charge in [-0.3, -0.25) is 14.4 Å². The van der Waals surface area contributed by atoms with Crippen molar-refractivity contribution in [3.63, 3.8) is 0 Å². The Morgan fingerprint density at radius 3 is 2.34 bits per heavy atom. The summed E-state index contributed by atoms with van der Waals surface area (Å²) in [6, 6.07) is 11.6. The summed E-state index contributed by atoms with van der Waals surface area (Å²) >= 11 is 1.64. The minimum Gasteiger partial charge on any atom is -0.497 e. The predicted octanol–water partition coefficient (Wildman–Crippen LogP) is 3.56. The van der Waals surface area contributed by atoms with Crippen molar-refractivity contribution in [3.8, 4) is 5.75 Å². The lowest BCUT2D eigenvalue weighted by molar-refractivity contribution is -0.120. The van der Waals surface area contributed by atoms with Gasteiger partial charge in [0, 0.05) is 17.5 Å².